The lowest BCUT2D eigenvalue weighted by Gasteiger charge is -2.18. The minimum Gasteiger partial charge on any atom is -0.349 e. The molecule has 0 bridgehead atoms. The summed E-state index contributed by atoms with van der Waals surface area (Å²) in [4.78, 5) is 18.9. The Morgan fingerprint density at radius 1 is 1.22 bits per heavy atom. The van der Waals surface area contributed by atoms with Crippen molar-refractivity contribution >= 4 is 28.6 Å². The number of imidazole rings is 1. The van der Waals surface area contributed by atoms with Gasteiger partial charge in [0, 0.05) is 6.92 Å². The SMILES string of the molecule is CCC(Nc1nc2c(NC(C)=O)cccc2[nH]1)c1cccc(C(F)(F)F)c1. The Balaban J connectivity index is 1.90. The van der Waals surface area contributed by atoms with Gasteiger partial charge >= 0.3 is 6.18 Å². The molecule has 0 saturated heterocycles. The first-order valence-corrected chi connectivity index (χ1v) is 8.48. The zero-order valence-electron chi connectivity index (χ0n) is 14.8. The van der Waals surface area contributed by atoms with Crippen LogP contribution in [0.5, 0.6) is 0 Å². The van der Waals surface area contributed by atoms with E-state index in [2.05, 4.69) is 20.6 Å². The van der Waals surface area contributed by atoms with Crippen LogP contribution in [-0.4, -0.2) is 15.9 Å². The molecule has 0 aliphatic heterocycles. The van der Waals surface area contributed by atoms with Crippen molar-refractivity contribution in [2.24, 2.45) is 0 Å². The van der Waals surface area contributed by atoms with Crippen LogP contribution >= 0.6 is 0 Å². The summed E-state index contributed by atoms with van der Waals surface area (Å²) in [6.07, 6.45) is -3.82. The van der Waals surface area contributed by atoms with Crippen molar-refractivity contribution in [1.82, 2.24) is 9.97 Å². The molecule has 0 spiro atoms. The number of halogens is 3. The van der Waals surface area contributed by atoms with Gasteiger partial charge in [0.15, 0.2) is 0 Å². The standard InChI is InChI=1S/C19H19F3N4O/c1-3-14(12-6-4-7-13(10-12)19(20,21)22)24-18-25-16-9-5-8-15(17(16)26-18)23-11(2)27/h4-10,14H,3H2,1-2H3,(H,23,27)(H2,24,25,26). The van der Waals surface area contributed by atoms with Crippen LogP contribution < -0.4 is 10.6 Å². The molecule has 142 valence electrons. The summed E-state index contributed by atoms with van der Waals surface area (Å²) in [6.45, 7) is 3.29. The number of anilines is 2. The van der Waals surface area contributed by atoms with Crippen molar-refractivity contribution in [1.29, 1.82) is 0 Å². The molecular weight excluding hydrogens is 357 g/mol. The van der Waals surface area contributed by atoms with Gasteiger partial charge in [-0.05, 0) is 36.2 Å². The number of nitrogens with zero attached hydrogens (tertiary/aromatic N) is 1. The maximum absolute atomic E-state index is 13.0. The lowest BCUT2D eigenvalue weighted by molar-refractivity contribution is -0.137. The van der Waals surface area contributed by atoms with Gasteiger partial charge in [-0.2, -0.15) is 13.2 Å². The summed E-state index contributed by atoms with van der Waals surface area (Å²) < 4.78 is 38.9. The quantitative estimate of drug-likeness (QED) is 0.580. The highest BCUT2D eigenvalue weighted by Crippen LogP contribution is 2.32. The highest BCUT2D eigenvalue weighted by Gasteiger charge is 2.31. The zero-order chi connectivity index (χ0) is 19.6. The highest BCUT2D eigenvalue weighted by atomic mass is 19.4. The van der Waals surface area contributed by atoms with Crippen molar-refractivity contribution in [3.05, 3.63) is 53.6 Å². The fraction of sp³-hybridized carbons (Fsp3) is 0.263. The molecular formula is C19H19F3N4O. The summed E-state index contributed by atoms with van der Waals surface area (Å²) >= 11 is 0. The number of rotatable bonds is 5. The average Bonchev–Trinajstić information content (AvgIpc) is 3.02. The Labute approximate surface area is 154 Å². The van der Waals surface area contributed by atoms with Crippen LogP contribution in [0.4, 0.5) is 24.8 Å². The molecule has 3 rings (SSSR count). The van der Waals surface area contributed by atoms with Gasteiger partial charge in [0.25, 0.3) is 0 Å². The lowest BCUT2D eigenvalue weighted by atomic mass is 10.0. The van der Waals surface area contributed by atoms with E-state index in [1.807, 2.05) is 13.0 Å². The molecule has 0 aliphatic carbocycles. The van der Waals surface area contributed by atoms with Crippen LogP contribution in [0.2, 0.25) is 0 Å². The minimum absolute atomic E-state index is 0.213. The van der Waals surface area contributed by atoms with Crippen molar-refractivity contribution < 1.29 is 18.0 Å². The van der Waals surface area contributed by atoms with Gasteiger partial charge in [-0.3, -0.25) is 4.79 Å². The average molecular weight is 376 g/mol. The number of amides is 1. The summed E-state index contributed by atoms with van der Waals surface area (Å²) in [5.74, 6) is 0.211. The monoisotopic (exact) mass is 376 g/mol. The van der Waals surface area contributed by atoms with E-state index in [1.165, 1.54) is 13.0 Å². The number of carbonyl (C=O) groups is 1. The van der Waals surface area contributed by atoms with Crippen molar-refractivity contribution in [3.63, 3.8) is 0 Å². The van der Waals surface area contributed by atoms with Gasteiger partial charge in [0.1, 0.15) is 5.52 Å². The van der Waals surface area contributed by atoms with Crippen LogP contribution in [0.25, 0.3) is 11.0 Å². The van der Waals surface area contributed by atoms with Crippen LogP contribution in [0.3, 0.4) is 0 Å². The molecule has 0 saturated carbocycles. The van der Waals surface area contributed by atoms with E-state index < -0.39 is 11.7 Å². The van der Waals surface area contributed by atoms with E-state index in [9.17, 15) is 18.0 Å². The highest BCUT2D eigenvalue weighted by molar-refractivity contribution is 5.99. The number of fused-ring (bicyclic) bond motifs is 1. The third-order valence-corrected chi connectivity index (χ3v) is 4.16. The van der Waals surface area contributed by atoms with Gasteiger partial charge < -0.3 is 15.6 Å². The number of aromatic amines is 1. The second-order valence-corrected chi connectivity index (χ2v) is 6.20. The van der Waals surface area contributed by atoms with Crippen LogP contribution in [-0.2, 0) is 11.0 Å². The van der Waals surface area contributed by atoms with E-state index >= 15 is 0 Å². The summed E-state index contributed by atoms with van der Waals surface area (Å²) in [7, 11) is 0. The predicted molar refractivity (Wildman–Crippen MR) is 98.5 cm³/mol. The fourth-order valence-corrected chi connectivity index (χ4v) is 2.91. The maximum Gasteiger partial charge on any atom is 0.416 e. The maximum atomic E-state index is 13.0. The third kappa shape index (κ3) is 4.21. The second-order valence-electron chi connectivity index (χ2n) is 6.20. The minimum atomic E-state index is -4.39. The van der Waals surface area contributed by atoms with Gasteiger partial charge in [0.05, 0.1) is 22.8 Å². The first-order valence-electron chi connectivity index (χ1n) is 8.48. The predicted octanol–water partition coefficient (Wildman–Crippen LogP) is 5.10. The fourth-order valence-electron chi connectivity index (χ4n) is 2.91. The van der Waals surface area contributed by atoms with Gasteiger partial charge in [-0.15, -0.1) is 0 Å². The number of aromatic nitrogens is 2. The number of hydrogen-bond donors (Lipinski definition) is 3. The molecule has 1 amide bonds. The van der Waals surface area contributed by atoms with Crippen LogP contribution in [0.1, 0.15) is 37.4 Å². The first-order chi connectivity index (χ1) is 12.8. The van der Waals surface area contributed by atoms with E-state index in [1.54, 1.807) is 18.2 Å². The van der Waals surface area contributed by atoms with Gasteiger partial charge in [-0.25, -0.2) is 4.98 Å². The molecule has 1 heterocycles. The Kier molecular flexibility index (Phi) is 5.07. The van der Waals surface area contributed by atoms with Crippen molar-refractivity contribution in [2.75, 3.05) is 10.6 Å². The molecule has 5 nitrogen and oxygen atoms in total. The van der Waals surface area contributed by atoms with Crippen LogP contribution in [0, 0.1) is 0 Å². The van der Waals surface area contributed by atoms with Crippen LogP contribution in [0.15, 0.2) is 42.5 Å². The number of nitrogens with one attached hydrogen (secondary N) is 3. The second kappa shape index (κ2) is 7.30. The Morgan fingerprint density at radius 3 is 2.63 bits per heavy atom. The van der Waals surface area contributed by atoms with E-state index in [0.29, 0.717) is 34.7 Å². The topological polar surface area (TPSA) is 69.8 Å². The molecule has 27 heavy (non-hydrogen) atoms. The first kappa shape index (κ1) is 18.8. The molecule has 2 aromatic carbocycles. The number of hydrogen-bond acceptors (Lipinski definition) is 3. The van der Waals surface area contributed by atoms with Gasteiger partial charge in [0.2, 0.25) is 11.9 Å². The molecule has 1 unspecified atom stereocenters. The molecule has 1 aromatic heterocycles. The van der Waals surface area contributed by atoms with E-state index in [4.69, 9.17) is 0 Å². The van der Waals surface area contributed by atoms with E-state index in [-0.39, 0.29) is 11.9 Å². The zero-order valence-corrected chi connectivity index (χ0v) is 14.8. The normalized spacial score (nSPS) is 12.8. The van der Waals surface area contributed by atoms with Crippen molar-refractivity contribution in [3.8, 4) is 0 Å². The smallest absolute Gasteiger partial charge is 0.349 e. The molecule has 0 fully saturated rings. The molecule has 8 heteroatoms. The largest absolute Gasteiger partial charge is 0.416 e. The Morgan fingerprint density at radius 2 is 1.96 bits per heavy atom. The van der Waals surface area contributed by atoms with Crippen molar-refractivity contribution in [2.45, 2.75) is 32.5 Å². The Bertz CT molecular complexity index is 965. The molecule has 0 radical (unpaired) electrons. The third-order valence-electron chi connectivity index (χ3n) is 4.16. The number of H-pyrrole nitrogens is 1. The Hall–Kier alpha value is -3.03. The summed E-state index contributed by atoms with van der Waals surface area (Å²) in [6, 6.07) is 10.2. The number of para-hydroxylation sites is 1. The number of alkyl halides is 3. The molecule has 3 aromatic rings. The lowest BCUT2D eigenvalue weighted by Crippen LogP contribution is -2.13. The molecule has 3 N–H and O–H groups in total. The number of carbonyl (C=O) groups excluding carboxylic acids is 1. The summed E-state index contributed by atoms with van der Waals surface area (Å²) in [5.41, 5.74) is 1.70. The summed E-state index contributed by atoms with van der Waals surface area (Å²) in [5, 5.41) is 5.86. The molecule has 0 aliphatic rings. The van der Waals surface area contributed by atoms with Gasteiger partial charge in [-0.1, -0.05) is 25.1 Å². The van der Waals surface area contributed by atoms with E-state index in [0.717, 1.165) is 12.1 Å². The molecule has 1 atom stereocenters. The number of benzene rings is 2.